The van der Waals surface area contributed by atoms with Crippen molar-refractivity contribution in [2.24, 2.45) is 0 Å². The summed E-state index contributed by atoms with van der Waals surface area (Å²) in [4.78, 5) is 8.33. The lowest BCUT2D eigenvalue weighted by atomic mass is 10.0. The largest absolute Gasteiger partial charge is 0.477 e. The van der Waals surface area contributed by atoms with Crippen molar-refractivity contribution in [3.63, 3.8) is 0 Å². The fourth-order valence-corrected chi connectivity index (χ4v) is 2.40. The van der Waals surface area contributed by atoms with E-state index in [9.17, 15) is 18.4 Å². The predicted octanol–water partition coefficient (Wildman–Crippen LogP) is 4.70. The zero-order valence-corrected chi connectivity index (χ0v) is 14.3. The van der Waals surface area contributed by atoms with Crippen LogP contribution in [0.3, 0.4) is 0 Å². The molecule has 142 valence electrons. The summed E-state index contributed by atoms with van der Waals surface area (Å²) in [7, 11) is 0. The maximum absolute atomic E-state index is 12.8. The summed E-state index contributed by atoms with van der Waals surface area (Å²) in [6, 6.07) is 10.1. The van der Waals surface area contributed by atoms with E-state index < -0.39 is 18.3 Å². The van der Waals surface area contributed by atoms with Crippen LogP contribution in [-0.4, -0.2) is 16.6 Å². The fraction of sp³-hybridized carbons (Fsp3) is 0.105. The maximum Gasteiger partial charge on any atom is 0.301 e. The molecule has 6 nitrogen and oxygen atoms in total. The van der Waals surface area contributed by atoms with Crippen LogP contribution < -0.4 is 10.5 Å². The van der Waals surface area contributed by atoms with Gasteiger partial charge >= 0.3 is 6.08 Å². The van der Waals surface area contributed by atoms with Gasteiger partial charge in [0.25, 0.3) is 0 Å². The third kappa shape index (κ3) is 4.12. The SMILES string of the molecule is N#Cc1cc(-c2ccc(OCCC(F)=C(F)F)nc2)c(-c2ccco2)nc1N. The van der Waals surface area contributed by atoms with Gasteiger partial charge in [0.1, 0.15) is 17.6 Å². The minimum atomic E-state index is -2.36. The molecule has 9 heteroatoms. The Morgan fingerprint density at radius 3 is 2.68 bits per heavy atom. The van der Waals surface area contributed by atoms with E-state index in [2.05, 4.69) is 9.97 Å². The Labute approximate surface area is 157 Å². The third-order valence-corrected chi connectivity index (χ3v) is 3.75. The molecule has 3 heterocycles. The number of nitrogen functional groups attached to an aromatic ring is 1. The van der Waals surface area contributed by atoms with E-state index in [1.54, 1.807) is 24.3 Å². The molecule has 0 amide bonds. The molecule has 28 heavy (non-hydrogen) atoms. The lowest BCUT2D eigenvalue weighted by Crippen LogP contribution is -2.01. The number of anilines is 1. The first-order valence-electron chi connectivity index (χ1n) is 8.03. The van der Waals surface area contributed by atoms with Crippen LogP contribution in [0.2, 0.25) is 0 Å². The molecule has 3 rings (SSSR count). The van der Waals surface area contributed by atoms with Crippen LogP contribution in [0.25, 0.3) is 22.6 Å². The zero-order chi connectivity index (χ0) is 20.1. The highest BCUT2D eigenvalue weighted by atomic mass is 19.3. The number of halogens is 3. The topological polar surface area (TPSA) is 98.0 Å². The predicted molar refractivity (Wildman–Crippen MR) is 94.8 cm³/mol. The van der Waals surface area contributed by atoms with E-state index in [-0.39, 0.29) is 23.9 Å². The standard InChI is InChI=1S/C19H13F3N4O2/c20-14(18(21)22)5-7-28-16-4-3-11(10-25-16)13-8-12(9-23)19(24)26-17(13)15-2-1-6-27-15/h1-4,6,8,10H,5,7H2,(H2,24,26). The number of furan rings is 1. The number of pyridine rings is 2. The molecule has 0 atom stereocenters. The number of rotatable bonds is 6. The second-order valence-corrected chi connectivity index (χ2v) is 5.56. The Morgan fingerprint density at radius 2 is 2.07 bits per heavy atom. The summed E-state index contributed by atoms with van der Waals surface area (Å²) in [5.41, 5.74) is 7.60. The summed E-state index contributed by atoms with van der Waals surface area (Å²) in [6.07, 6.45) is 0.0273. The molecule has 0 saturated carbocycles. The molecule has 0 bridgehead atoms. The second kappa shape index (κ2) is 8.26. The lowest BCUT2D eigenvalue weighted by molar-refractivity contribution is 0.286. The van der Waals surface area contributed by atoms with Crippen molar-refractivity contribution < 1.29 is 22.3 Å². The molecular formula is C19H13F3N4O2. The van der Waals surface area contributed by atoms with Gasteiger partial charge in [0.15, 0.2) is 11.6 Å². The first-order valence-corrected chi connectivity index (χ1v) is 8.03. The summed E-state index contributed by atoms with van der Waals surface area (Å²) in [5, 5.41) is 9.22. The minimum Gasteiger partial charge on any atom is -0.477 e. The Hall–Kier alpha value is -3.80. The normalized spacial score (nSPS) is 10.4. The third-order valence-electron chi connectivity index (χ3n) is 3.75. The Kier molecular flexibility index (Phi) is 5.60. The number of aromatic nitrogens is 2. The molecule has 0 aliphatic heterocycles. The number of nitrogens with two attached hydrogens (primary N) is 1. The molecule has 0 aromatic carbocycles. The molecule has 3 aromatic heterocycles. The van der Waals surface area contributed by atoms with Gasteiger partial charge in [0.2, 0.25) is 5.88 Å². The molecule has 0 fully saturated rings. The van der Waals surface area contributed by atoms with Crippen LogP contribution >= 0.6 is 0 Å². The first kappa shape index (κ1) is 19.0. The Balaban J connectivity index is 1.87. The summed E-state index contributed by atoms with van der Waals surface area (Å²) < 4.78 is 47.4. The van der Waals surface area contributed by atoms with Crippen LogP contribution in [0.5, 0.6) is 5.88 Å². The molecule has 0 aliphatic carbocycles. The zero-order valence-electron chi connectivity index (χ0n) is 14.3. The number of nitriles is 1. The van der Waals surface area contributed by atoms with E-state index in [0.717, 1.165) is 0 Å². The van der Waals surface area contributed by atoms with Gasteiger partial charge in [0.05, 0.1) is 18.4 Å². The number of nitrogens with zero attached hydrogens (tertiary/aromatic N) is 3. The Bertz CT molecular complexity index is 1040. The van der Waals surface area contributed by atoms with Crippen LogP contribution in [0.15, 0.2) is 59.1 Å². The fourth-order valence-electron chi connectivity index (χ4n) is 2.40. The molecule has 2 N–H and O–H groups in total. The maximum atomic E-state index is 12.8. The molecule has 0 saturated heterocycles. The van der Waals surface area contributed by atoms with Gasteiger partial charge in [-0.1, -0.05) is 0 Å². The average molecular weight is 386 g/mol. The summed E-state index contributed by atoms with van der Waals surface area (Å²) in [5.74, 6) is -0.848. The van der Waals surface area contributed by atoms with Gasteiger partial charge < -0.3 is 14.9 Å². The summed E-state index contributed by atoms with van der Waals surface area (Å²) in [6.45, 7) is -0.283. The van der Waals surface area contributed by atoms with Crippen LogP contribution in [-0.2, 0) is 0 Å². The van der Waals surface area contributed by atoms with E-state index in [4.69, 9.17) is 14.9 Å². The van der Waals surface area contributed by atoms with Crippen molar-refractivity contribution in [3.8, 4) is 34.5 Å². The van der Waals surface area contributed by atoms with Crippen molar-refractivity contribution in [1.29, 1.82) is 5.26 Å². The van der Waals surface area contributed by atoms with Crippen molar-refractivity contribution in [3.05, 3.63) is 60.3 Å². The van der Waals surface area contributed by atoms with Gasteiger partial charge in [-0.3, -0.25) is 0 Å². The van der Waals surface area contributed by atoms with Gasteiger partial charge in [-0.25, -0.2) is 14.4 Å². The number of ether oxygens (including phenoxy) is 1. The van der Waals surface area contributed by atoms with E-state index >= 15 is 0 Å². The van der Waals surface area contributed by atoms with Gasteiger partial charge in [-0.15, -0.1) is 0 Å². The van der Waals surface area contributed by atoms with Crippen molar-refractivity contribution >= 4 is 5.82 Å². The van der Waals surface area contributed by atoms with Gasteiger partial charge in [-0.05, 0) is 24.3 Å². The molecular weight excluding hydrogens is 373 g/mol. The molecule has 0 radical (unpaired) electrons. The quantitative estimate of drug-likeness (QED) is 0.659. The van der Waals surface area contributed by atoms with Crippen molar-refractivity contribution in [2.75, 3.05) is 12.3 Å². The first-order chi connectivity index (χ1) is 13.5. The molecule has 0 unspecified atom stereocenters. The number of hydrogen-bond donors (Lipinski definition) is 1. The van der Waals surface area contributed by atoms with Gasteiger partial charge in [-0.2, -0.15) is 14.0 Å². The highest BCUT2D eigenvalue weighted by molar-refractivity contribution is 5.81. The highest BCUT2D eigenvalue weighted by Crippen LogP contribution is 2.33. The van der Waals surface area contributed by atoms with E-state index in [0.29, 0.717) is 22.6 Å². The van der Waals surface area contributed by atoms with Crippen LogP contribution in [0.4, 0.5) is 19.0 Å². The van der Waals surface area contributed by atoms with Crippen molar-refractivity contribution in [1.82, 2.24) is 9.97 Å². The smallest absolute Gasteiger partial charge is 0.301 e. The molecule has 3 aromatic rings. The lowest BCUT2D eigenvalue weighted by Gasteiger charge is -2.10. The van der Waals surface area contributed by atoms with Gasteiger partial charge in [0, 0.05) is 29.8 Å². The Morgan fingerprint density at radius 1 is 1.25 bits per heavy atom. The average Bonchev–Trinajstić information content (AvgIpc) is 3.23. The summed E-state index contributed by atoms with van der Waals surface area (Å²) >= 11 is 0. The number of hydrogen-bond acceptors (Lipinski definition) is 6. The van der Waals surface area contributed by atoms with E-state index in [1.807, 2.05) is 6.07 Å². The molecule has 0 aliphatic rings. The highest BCUT2D eigenvalue weighted by Gasteiger charge is 2.16. The van der Waals surface area contributed by atoms with Crippen molar-refractivity contribution in [2.45, 2.75) is 6.42 Å². The van der Waals surface area contributed by atoms with Crippen LogP contribution in [0, 0.1) is 11.3 Å². The van der Waals surface area contributed by atoms with Crippen LogP contribution in [0.1, 0.15) is 12.0 Å². The second-order valence-electron chi connectivity index (χ2n) is 5.56. The molecule has 0 spiro atoms. The monoisotopic (exact) mass is 386 g/mol. The minimum absolute atomic E-state index is 0.0701. The van der Waals surface area contributed by atoms with E-state index in [1.165, 1.54) is 18.5 Å².